The molecule has 0 aromatic heterocycles. The highest BCUT2D eigenvalue weighted by atomic mass is 32.2. The Bertz CT molecular complexity index is 596. The van der Waals surface area contributed by atoms with Gasteiger partial charge in [0.15, 0.2) is 9.84 Å². The quantitative estimate of drug-likeness (QED) is 0.902. The topological polar surface area (TPSA) is 80.7 Å². The van der Waals surface area contributed by atoms with Crippen molar-refractivity contribution in [2.75, 3.05) is 12.4 Å². The molecule has 1 rings (SSSR count). The second-order valence-electron chi connectivity index (χ2n) is 5.51. The Kier molecular flexibility index (Phi) is 4.81. The predicted molar refractivity (Wildman–Crippen MR) is 77.2 cm³/mol. The maximum atomic E-state index is 11.9. The van der Waals surface area contributed by atoms with Crippen LogP contribution in [0.1, 0.15) is 36.7 Å². The van der Waals surface area contributed by atoms with Gasteiger partial charge in [-0.25, -0.2) is 13.2 Å². The van der Waals surface area contributed by atoms with Gasteiger partial charge in [0.2, 0.25) is 0 Å². The van der Waals surface area contributed by atoms with E-state index in [1.807, 2.05) is 0 Å². The molecule has 1 aromatic carbocycles. The summed E-state index contributed by atoms with van der Waals surface area (Å²) < 4.78 is 28.4. The predicted octanol–water partition coefficient (Wildman–Crippen LogP) is 2.29. The lowest BCUT2D eigenvalue weighted by Gasteiger charge is -2.19. The van der Waals surface area contributed by atoms with Crippen LogP contribution >= 0.6 is 0 Å². The Balaban J connectivity index is 2.78. The van der Waals surface area contributed by atoms with Crippen molar-refractivity contribution in [1.82, 2.24) is 0 Å². The molecule has 0 aliphatic rings. The van der Waals surface area contributed by atoms with Crippen LogP contribution in [0, 0.1) is 6.92 Å². The SMILES string of the molecule is Cc1c(OCCS(=O)(=O)C(C)(C)C)cccc1C(=O)O. The van der Waals surface area contributed by atoms with Crippen LogP contribution in [0.2, 0.25) is 0 Å². The highest BCUT2D eigenvalue weighted by molar-refractivity contribution is 7.92. The second-order valence-corrected chi connectivity index (χ2v) is 8.38. The van der Waals surface area contributed by atoms with Crippen LogP contribution in [0.15, 0.2) is 18.2 Å². The number of hydrogen-bond donors (Lipinski definition) is 1. The standard InChI is InChI=1S/C14H20O5S/c1-10-11(13(15)16)6-5-7-12(10)19-8-9-20(17,18)14(2,3)4/h5-7H,8-9H2,1-4H3,(H,15,16). The van der Waals surface area contributed by atoms with Gasteiger partial charge >= 0.3 is 5.97 Å². The van der Waals surface area contributed by atoms with E-state index in [0.29, 0.717) is 11.3 Å². The van der Waals surface area contributed by atoms with Crippen LogP contribution in [0.3, 0.4) is 0 Å². The number of ether oxygens (including phenoxy) is 1. The summed E-state index contributed by atoms with van der Waals surface area (Å²) in [5, 5.41) is 9.00. The van der Waals surface area contributed by atoms with Crippen molar-refractivity contribution in [3.63, 3.8) is 0 Å². The molecule has 6 heteroatoms. The first-order valence-electron chi connectivity index (χ1n) is 6.24. The molecule has 20 heavy (non-hydrogen) atoms. The molecule has 0 atom stereocenters. The maximum Gasteiger partial charge on any atom is 0.336 e. The smallest absolute Gasteiger partial charge is 0.336 e. The Morgan fingerprint density at radius 2 is 1.90 bits per heavy atom. The molecule has 0 spiro atoms. The summed E-state index contributed by atoms with van der Waals surface area (Å²) in [6.07, 6.45) is 0. The summed E-state index contributed by atoms with van der Waals surface area (Å²) in [6.45, 7) is 6.55. The third-order valence-electron chi connectivity index (χ3n) is 3.06. The average Bonchev–Trinajstić information content (AvgIpc) is 2.29. The van der Waals surface area contributed by atoms with E-state index in [4.69, 9.17) is 9.84 Å². The molecule has 0 radical (unpaired) electrons. The molecule has 1 aromatic rings. The van der Waals surface area contributed by atoms with Crippen LogP contribution in [-0.2, 0) is 9.84 Å². The van der Waals surface area contributed by atoms with E-state index in [1.54, 1.807) is 39.8 Å². The van der Waals surface area contributed by atoms with Crippen molar-refractivity contribution in [1.29, 1.82) is 0 Å². The Morgan fingerprint density at radius 1 is 1.30 bits per heavy atom. The summed E-state index contributed by atoms with van der Waals surface area (Å²) >= 11 is 0. The average molecular weight is 300 g/mol. The van der Waals surface area contributed by atoms with Crippen molar-refractivity contribution in [3.05, 3.63) is 29.3 Å². The fraction of sp³-hybridized carbons (Fsp3) is 0.500. The molecular formula is C14H20O5S. The fourth-order valence-electron chi connectivity index (χ4n) is 1.57. The number of sulfone groups is 1. The van der Waals surface area contributed by atoms with E-state index >= 15 is 0 Å². The van der Waals surface area contributed by atoms with Gasteiger partial charge in [-0.3, -0.25) is 0 Å². The number of carbonyl (C=O) groups is 1. The maximum absolute atomic E-state index is 11.9. The molecule has 0 unspecified atom stereocenters. The highest BCUT2D eigenvalue weighted by Gasteiger charge is 2.28. The van der Waals surface area contributed by atoms with Gasteiger partial charge in [0.25, 0.3) is 0 Å². The largest absolute Gasteiger partial charge is 0.492 e. The summed E-state index contributed by atoms with van der Waals surface area (Å²) in [5.74, 6) is -0.739. The lowest BCUT2D eigenvalue weighted by molar-refractivity contribution is 0.0695. The molecule has 0 aliphatic carbocycles. The van der Waals surface area contributed by atoms with Crippen LogP contribution in [0.5, 0.6) is 5.75 Å². The molecule has 0 bridgehead atoms. The zero-order chi connectivity index (χ0) is 15.6. The second kappa shape index (κ2) is 5.83. The summed E-state index contributed by atoms with van der Waals surface area (Å²) in [6, 6.07) is 4.69. The molecule has 0 fully saturated rings. The molecule has 0 amide bonds. The molecule has 5 nitrogen and oxygen atoms in total. The molecule has 0 heterocycles. The Hall–Kier alpha value is -1.56. The van der Waals surface area contributed by atoms with Gasteiger partial charge in [0, 0.05) is 5.56 Å². The Morgan fingerprint density at radius 3 is 2.40 bits per heavy atom. The van der Waals surface area contributed by atoms with Gasteiger partial charge in [0.1, 0.15) is 12.4 Å². The van der Waals surface area contributed by atoms with Crippen LogP contribution < -0.4 is 4.74 Å². The number of rotatable bonds is 5. The van der Waals surface area contributed by atoms with Gasteiger partial charge < -0.3 is 9.84 Å². The minimum Gasteiger partial charge on any atom is -0.492 e. The molecular weight excluding hydrogens is 280 g/mol. The summed E-state index contributed by atoms with van der Waals surface area (Å²) in [5.41, 5.74) is 0.648. The van der Waals surface area contributed by atoms with E-state index in [2.05, 4.69) is 0 Å². The fourth-order valence-corrected chi connectivity index (χ4v) is 2.49. The minimum atomic E-state index is -3.25. The van der Waals surface area contributed by atoms with E-state index in [1.165, 1.54) is 6.07 Å². The Labute approximate surface area is 119 Å². The van der Waals surface area contributed by atoms with E-state index in [-0.39, 0.29) is 17.9 Å². The third kappa shape index (κ3) is 3.72. The van der Waals surface area contributed by atoms with Gasteiger partial charge in [-0.1, -0.05) is 6.07 Å². The number of aromatic carboxylic acids is 1. The number of carboxylic acids is 1. The molecule has 112 valence electrons. The number of hydrogen-bond acceptors (Lipinski definition) is 4. The highest BCUT2D eigenvalue weighted by Crippen LogP contribution is 2.22. The molecule has 0 aliphatic heterocycles. The van der Waals surface area contributed by atoms with E-state index in [0.717, 1.165) is 0 Å². The first kappa shape index (κ1) is 16.5. The lowest BCUT2D eigenvalue weighted by atomic mass is 10.1. The van der Waals surface area contributed by atoms with Gasteiger partial charge in [0.05, 0.1) is 16.1 Å². The van der Waals surface area contributed by atoms with Gasteiger partial charge in [-0.2, -0.15) is 0 Å². The lowest BCUT2D eigenvalue weighted by Crippen LogP contribution is -2.32. The van der Waals surface area contributed by atoms with Crippen molar-refractivity contribution < 1.29 is 23.1 Å². The monoisotopic (exact) mass is 300 g/mol. The minimum absolute atomic E-state index is 0.00349. The van der Waals surface area contributed by atoms with Crippen molar-refractivity contribution >= 4 is 15.8 Å². The zero-order valence-corrected chi connectivity index (χ0v) is 13.0. The van der Waals surface area contributed by atoms with E-state index in [9.17, 15) is 13.2 Å². The molecule has 0 saturated heterocycles. The summed E-state index contributed by atoms with van der Waals surface area (Å²) in [7, 11) is -3.25. The van der Waals surface area contributed by atoms with E-state index < -0.39 is 20.6 Å². The first-order chi connectivity index (χ1) is 9.06. The van der Waals surface area contributed by atoms with Gasteiger partial charge in [-0.05, 0) is 39.8 Å². The number of carboxylic acid groups (broad SMARTS) is 1. The normalized spacial score (nSPS) is 12.2. The molecule has 1 N–H and O–H groups in total. The van der Waals surface area contributed by atoms with Crippen LogP contribution in [-0.4, -0.2) is 36.6 Å². The number of benzene rings is 1. The van der Waals surface area contributed by atoms with Crippen LogP contribution in [0.4, 0.5) is 0 Å². The van der Waals surface area contributed by atoms with Crippen molar-refractivity contribution in [3.8, 4) is 5.75 Å². The van der Waals surface area contributed by atoms with Gasteiger partial charge in [-0.15, -0.1) is 0 Å². The third-order valence-corrected chi connectivity index (χ3v) is 5.63. The van der Waals surface area contributed by atoms with Crippen LogP contribution in [0.25, 0.3) is 0 Å². The first-order valence-corrected chi connectivity index (χ1v) is 7.89. The molecule has 0 saturated carbocycles. The zero-order valence-electron chi connectivity index (χ0n) is 12.1. The van der Waals surface area contributed by atoms with Crippen molar-refractivity contribution in [2.45, 2.75) is 32.4 Å². The van der Waals surface area contributed by atoms with Crippen molar-refractivity contribution in [2.24, 2.45) is 0 Å². The summed E-state index contributed by atoms with van der Waals surface area (Å²) in [4.78, 5) is 11.0.